The zero-order valence-electron chi connectivity index (χ0n) is 35.0. The van der Waals surface area contributed by atoms with Crippen molar-refractivity contribution in [3.05, 3.63) is 0 Å². The standard InChI is InChI=1S/C44H85NO7/c1-6-8-10-12-14-15-16-17-18-19-20-21-22-23-24-25-26-27-29-30-32-34-42(46)51-39-40(38-50-37-36-41(44(48)49)45(3,4)5)52-43(47)35-33-31-28-13-11-9-7-2/h40-41H,6-39H2,1-5H3/p+1. The Hall–Kier alpha value is -1.67. The first-order valence-corrected chi connectivity index (χ1v) is 22.1. The molecular formula is C44H86NO7+. The Kier molecular flexibility index (Phi) is 35.1. The third-order valence-electron chi connectivity index (χ3n) is 10.3. The molecule has 0 rings (SSSR count). The predicted molar refractivity (Wildman–Crippen MR) is 216 cm³/mol. The highest BCUT2D eigenvalue weighted by molar-refractivity contribution is 5.72. The Morgan fingerprint density at radius 3 is 1.19 bits per heavy atom. The maximum absolute atomic E-state index is 12.6. The summed E-state index contributed by atoms with van der Waals surface area (Å²) in [6.07, 6.45) is 36.0. The van der Waals surface area contributed by atoms with Gasteiger partial charge in [0.25, 0.3) is 0 Å². The SMILES string of the molecule is CCCCCCCCCCCCCCCCCCCCCCCC(=O)OCC(COCCC(C(=O)O)[N+](C)(C)C)OC(=O)CCCCCCCCC. The lowest BCUT2D eigenvalue weighted by atomic mass is 10.0. The number of carbonyl (C=O) groups excluding carboxylic acids is 2. The number of carboxylic acid groups (broad SMARTS) is 1. The lowest BCUT2D eigenvalue weighted by Crippen LogP contribution is -2.50. The van der Waals surface area contributed by atoms with Crippen LogP contribution in [0.25, 0.3) is 0 Å². The Bertz CT molecular complexity index is 828. The number of carboxylic acids is 1. The van der Waals surface area contributed by atoms with Crippen LogP contribution in [-0.2, 0) is 28.6 Å². The smallest absolute Gasteiger partial charge is 0.362 e. The number of rotatable bonds is 40. The molecule has 0 aromatic rings. The van der Waals surface area contributed by atoms with Crippen LogP contribution in [0.2, 0.25) is 0 Å². The van der Waals surface area contributed by atoms with Crippen molar-refractivity contribution < 1.29 is 38.2 Å². The number of carbonyl (C=O) groups is 3. The second-order valence-corrected chi connectivity index (χ2v) is 16.3. The molecule has 0 aromatic heterocycles. The monoisotopic (exact) mass is 741 g/mol. The van der Waals surface area contributed by atoms with E-state index in [4.69, 9.17) is 14.2 Å². The van der Waals surface area contributed by atoms with Gasteiger partial charge in [0.2, 0.25) is 0 Å². The topological polar surface area (TPSA) is 99.1 Å². The van der Waals surface area contributed by atoms with Gasteiger partial charge in [-0.15, -0.1) is 0 Å². The number of ether oxygens (including phenoxy) is 3. The molecule has 0 amide bonds. The molecule has 0 aliphatic heterocycles. The largest absolute Gasteiger partial charge is 0.477 e. The van der Waals surface area contributed by atoms with E-state index in [1.165, 1.54) is 141 Å². The number of quaternary nitrogens is 1. The second kappa shape index (κ2) is 36.3. The molecule has 0 aliphatic rings. The van der Waals surface area contributed by atoms with Crippen molar-refractivity contribution in [2.75, 3.05) is 41.0 Å². The van der Waals surface area contributed by atoms with Gasteiger partial charge >= 0.3 is 17.9 Å². The molecule has 2 atom stereocenters. The van der Waals surface area contributed by atoms with Crippen LogP contribution in [0.5, 0.6) is 0 Å². The number of unbranched alkanes of at least 4 members (excludes halogenated alkanes) is 26. The number of hydrogen-bond donors (Lipinski definition) is 1. The van der Waals surface area contributed by atoms with Crippen molar-refractivity contribution in [3.63, 3.8) is 0 Å². The molecule has 0 heterocycles. The molecule has 0 fully saturated rings. The van der Waals surface area contributed by atoms with Crippen molar-refractivity contribution in [1.82, 2.24) is 0 Å². The summed E-state index contributed by atoms with van der Waals surface area (Å²) >= 11 is 0. The minimum absolute atomic E-state index is 0.0431. The lowest BCUT2D eigenvalue weighted by molar-refractivity contribution is -0.887. The normalized spacial score (nSPS) is 12.9. The molecule has 0 aromatic carbocycles. The van der Waals surface area contributed by atoms with Gasteiger partial charge in [-0.2, -0.15) is 0 Å². The van der Waals surface area contributed by atoms with Crippen LogP contribution in [-0.4, -0.2) is 80.6 Å². The number of aliphatic carboxylic acids is 1. The van der Waals surface area contributed by atoms with Crippen molar-refractivity contribution in [3.8, 4) is 0 Å². The van der Waals surface area contributed by atoms with E-state index in [0.29, 0.717) is 19.3 Å². The van der Waals surface area contributed by atoms with Gasteiger partial charge in [0.05, 0.1) is 34.4 Å². The number of esters is 2. The molecule has 0 spiro atoms. The van der Waals surface area contributed by atoms with Crippen LogP contribution in [0.4, 0.5) is 0 Å². The van der Waals surface area contributed by atoms with Crippen LogP contribution >= 0.6 is 0 Å². The van der Waals surface area contributed by atoms with Crippen molar-refractivity contribution in [2.24, 2.45) is 0 Å². The molecule has 2 unspecified atom stereocenters. The highest BCUT2D eigenvalue weighted by atomic mass is 16.6. The van der Waals surface area contributed by atoms with Crippen molar-refractivity contribution >= 4 is 17.9 Å². The maximum Gasteiger partial charge on any atom is 0.362 e. The van der Waals surface area contributed by atoms with Gasteiger partial charge in [-0.3, -0.25) is 9.59 Å². The molecule has 8 heteroatoms. The van der Waals surface area contributed by atoms with Crippen LogP contribution in [0, 0.1) is 0 Å². The van der Waals surface area contributed by atoms with Crippen molar-refractivity contribution in [2.45, 2.75) is 225 Å². The molecule has 8 nitrogen and oxygen atoms in total. The van der Waals surface area contributed by atoms with Crippen LogP contribution in [0.15, 0.2) is 0 Å². The molecular weight excluding hydrogens is 654 g/mol. The molecule has 0 aliphatic carbocycles. The molecule has 0 saturated heterocycles. The highest BCUT2D eigenvalue weighted by Crippen LogP contribution is 2.16. The Labute approximate surface area is 321 Å². The van der Waals surface area contributed by atoms with Gasteiger partial charge in [0.1, 0.15) is 6.61 Å². The van der Waals surface area contributed by atoms with Gasteiger partial charge < -0.3 is 23.8 Å². The summed E-state index contributed by atoms with van der Waals surface area (Å²) in [7, 11) is 5.53. The zero-order chi connectivity index (χ0) is 38.5. The zero-order valence-corrected chi connectivity index (χ0v) is 35.0. The van der Waals surface area contributed by atoms with Crippen molar-refractivity contribution in [1.29, 1.82) is 0 Å². The van der Waals surface area contributed by atoms with E-state index >= 15 is 0 Å². The minimum Gasteiger partial charge on any atom is -0.477 e. The van der Waals surface area contributed by atoms with Gasteiger partial charge in [0.15, 0.2) is 12.1 Å². The lowest BCUT2D eigenvalue weighted by Gasteiger charge is -2.31. The fourth-order valence-electron chi connectivity index (χ4n) is 6.80. The average Bonchev–Trinajstić information content (AvgIpc) is 3.09. The fraction of sp³-hybridized carbons (Fsp3) is 0.932. The number of likely N-dealkylation sites (N-methyl/N-ethyl adjacent to an activating group) is 1. The summed E-state index contributed by atoms with van der Waals surface area (Å²) in [6, 6.07) is -0.606. The Morgan fingerprint density at radius 1 is 0.500 bits per heavy atom. The molecule has 0 saturated carbocycles. The van der Waals surface area contributed by atoms with E-state index in [1.54, 1.807) is 0 Å². The molecule has 0 radical (unpaired) electrons. The third kappa shape index (κ3) is 34.1. The maximum atomic E-state index is 12.6. The average molecular weight is 741 g/mol. The fourth-order valence-corrected chi connectivity index (χ4v) is 6.80. The summed E-state index contributed by atoms with van der Waals surface area (Å²) < 4.78 is 17.2. The Balaban J connectivity index is 4.08. The van der Waals surface area contributed by atoms with E-state index in [2.05, 4.69) is 13.8 Å². The number of nitrogens with zero attached hydrogens (tertiary/aromatic N) is 1. The van der Waals surface area contributed by atoms with E-state index in [1.807, 2.05) is 21.1 Å². The van der Waals surface area contributed by atoms with Gasteiger partial charge in [-0.1, -0.05) is 181 Å². The third-order valence-corrected chi connectivity index (χ3v) is 10.3. The van der Waals surface area contributed by atoms with Crippen LogP contribution in [0.3, 0.4) is 0 Å². The van der Waals surface area contributed by atoms with Gasteiger partial charge in [-0.05, 0) is 12.8 Å². The second-order valence-electron chi connectivity index (χ2n) is 16.3. The molecule has 52 heavy (non-hydrogen) atoms. The Morgan fingerprint density at radius 2 is 0.846 bits per heavy atom. The highest BCUT2D eigenvalue weighted by Gasteiger charge is 2.31. The molecule has 0 bridgehead atoms. The van der Waals surface area contributed by atoms with Crippen LogP contribution < -0.4 is 0 Å². The van der Waals surface area contributed by atoms with E-state index in [0.717, 1.165) is 38.5 Å². The first kappa shape index (κ1) is 50.3. The van der Waals surface area contributed by atoms with E-state index in [-0.39, 0.29) is 36.2 Å². The number of hydrogen-bond acceptors (Lipinski definition) is 6. The quantitative estimate of drug-likeness (QED) is 0.0379. The summed E-state index contributed by atoms with van der Waals surface area (Å²) in [6.45, 7) is 4.72. The summed E-state index contributed by atoms with van der Waals surface area (Å²) in [5.41, 5.74) is 0. The summed E-state index contributed by atoms with van der Waals surface area (Å²) in [4.78, 5) is 36.7. The van der Waals surface area contributed by atoms with Crippen LogP contribution in [0.1, 0.15) is 213 Å². The van der Waals surface area contributed by atoms with Gasteiger partial charge in [-0.25, -0.2) is 4.79 Å². The molecule has 308 valence electrons. The minimum atomic E-state index is -0.872. The predicted octanol–water partition coefficient (Wildman–Crippen LogP) is 11.8. The summed E-state index contributed by atoms with van der Waals surface area (Å²) in [5.74, 6) is -1.46. The van der Waals surface area contributed by atoms with E-state index < -0.39 is 18.1 Å². The van der Waals surface area contributed by atoms with Gasteiger partial charge in [0, 0.05) is 19.3 Å². The van der Waals surface area contributed by atoms with E-state index in [9.17, 15) is 19.5 Å². The summed E-state index contributed by atoms with van der Waals surface area (Å²) in [5, 5.41) is 9.58. The first-order valence-electron chi connectivity index (χ1n) is 22.1. The molecule has 1 N–H and O–H groups in total. The first-order chi connectivity index (χ1) is 25.1.